The Bertz CT molecular complexity index is 304. The Kier molecular flexibility index (Phi) is 3.31. The van der Waals surface area contributed by atoms with Gasteiger partial charge in [0, 0.05) is 0 Å². The molecule has 3 nitrogen and oxygen atoms in total. The van der Waals surface area contributed by atoms with Crippen molar-refractivity contribution in [3.05, 3.63) is 35.0 Å². The van der Waals surface area contributed by atoms with Gasteiger partial charge in [-0.3, -0.25) is 0 Å². The SMILES string of the molecule is COc1cccc(C/C=[N+](/C)[O-])c1. The van der Waals surface area contributed by atoms with E-state index in [0.29, 0.717) is 6.42 Å². The van der Waals surface area contributed by atoms with Gasteiger partial charge in [-0.15, -0.1) is 0 Å². The topological polar surface area (TPSA) is 35.3 Å². The van der Waals surface area contributed by atoms with Gasteiger partial charge in [0.2, 0.25) is 0 Å². The molecule has 1 aromatic rings. The first-order chi connectivity index (χ1) is 6.22. The van der Waals surface area contributed by atoms with Crippen molar-refractivity contribution in [3.8, 4) is 5.75 Å². The molecule has 70 valence electrons. The first kappa shape index (κ1) is 9.58. The number of nitrogens with zero attached hydrogens (tertiary/aromatic N) is 1. The van der Waals surface area contributed by atoms with Gasteiger partial charge >= 0.3 is 0 Å². The fourth-order valence-electron chi connectivity index (χ4n) is 1.03. The average Bonchev–Trinajstić information content (AvgIpc) is 2.15. The van der Waals surface area contributed by atoms with Crippen molar-refractivity contribution >= 4 is 6.21 Å². The number of benzene rings is 1. The molecule has 0 aliphatic carbocycles. The Labute approximate surface area is 77.9 Å². The lowest BCUT2D eigenvalue weighted by molar-refractivity contribution is -0.418. The van der Waals surface area contributed by atoms with Crippen molar-refractivity contribution in [2.75, 3.05) is 14.2 Å². The van der Waals surface area contributed by atoms with Crippen LogP contribution < -0.4 is 4.74 Å². The van der Waals surface area contributed by atoms with Crippen LogP contribution in [0.1, 0.15) is 5.56 Å². The van der Waals surface area contributed by atoms with Crippen LogP contribution in [0.15, 0.2) is 24.3 Å². The van der Waals surface area contributed by atoms with Crippen LogP contribution in [0.2, 0.25) is 0 Å². The molecule has 0 saturated carbocycles. The molecule has 0 aliphatic rings. The molecule has 0 saturated heterocycles. The van der Waals surface area contributed by atoms with Gasteiger partial charge in [-0.2, -0.15) is 0 Å². The Morgan fingerprint density at radius 1 is 1.54 bits per heavy atom. The molecule has 0 bridgehead atoms. The van der Waals surface area contributed by atoms with Crippen LogP contribution in [0.25, 0.3) is 0 Å². The van der Waals surface area contributed by atoms with E-state index in [9.17, 15) is 5.21 Å². The van der Waals surface area contributed by atoms with E-state index in [1.54, 1.807) is 13.3 Å². The van der Waals surface area contributed by atoms with Gasteiger partial charge in [-0.25, -0.2) is 4.74 Å². The fraction of sp³-hybridized carbons (Fsp3) is 0.300. The van der Waals surface area contributed by atoms with E-state index in [1.807, 2.05) is 24.3 Å². The molecule has 0 radical (unpaired) electrons. The highest BCUT2D eigenvalue weighted by Gasteiger charge is 1.95. The summed E-state index contributed by atoms with van der Waals surface area (Å²) in [5.41, 5.74) is 1.07. The van der Waals surface area contributed by atoms with Crippen molar-refractivity contribution in [1.82, 2.24) is 0 Å². The number of rotatable bonds is 3. The Hall–Kier alpha value is -1.51. The predicted molar refractivity (Wildman–Crippen MR) is 52.3 cm³/mol. The molecule has 0 fully saturated rings. The van der Waals surface area contributed by atoms with Crippen LogP contribution in [-0.4, -0.2) is 25.1 Å². The van der Waals surface area contributed by atoms with Crippen LogP contribution in [-0.2, 0) is 6.42 Å². The predicted octanol–water partition coefficient (Wildman–Crippen LogP) is 1.45. The van der Waals surface area contributed by atoms with Crippen LogP contribution >= 0.6 is 0 Å². The lowest BCUT2D eigenvalue weighted by Gasteiger charge is -2.01. The summed E-state index contributed by atoms with van der Waals surface area (Å²) in [7, 11) is 3.10. The molecule has 0 N–H and O–H groups in total. The summed E-state index contributed by atoms with van der Waals surface area (Å²) >= 11 is 0. The normalized spacial score (nSPS) is 11.4. The van der Waals surface area contributed by atoms with Gasteiger partial charge in [0.1, 0.15) is 12.8 Å². The summed E-state index contributed by atoms with van der Waals surface area (Å²) in [6, 6.07) is 7.67. The van der Waals surface area contributed by atoms with E-state index in [-0.39, 0.29) is 0 Å². The summed E-state index contributed by atoms with van der Waals surface area (Å²) in [5.74, 6) is 0.819. The molecule has 0 aromatic heterocycles. The van der Waals surface area contributed by atoms with E-state index >= 15 is 0 Å². The molecule has 1 rings (SSSR count). The summed E-state index contributed by atoms with van der Waals surface area (Å²) in [6.45, 7) is 0. The zero-order valence-corrected chi connectivity index (χ0v) is 7.86. The largest absolute Gasteiger partial charge is 0.624 e. The van der Waals surface area contributed by atoms with Gasteiger partial charge in [0.15, 0.2) is 6.21 Å². The maximum atomic E-state index is 10.6. The second-order valence-electron chi connectivity index (χ2n) is 2.78. The third-order valence-electron chi connectivity index (χ3n) is 1.72. The summed E-state index contributed by atoms with van der Waals surface area (Å²) in [5, 5.41) is 10.6. The Morgan fingerprint density at radius 2 is 2.31 bits per heavy atom. The first-order valence-electron chi connectivity index (χ1n) is 4.08. The maximum Gasteiger partial charge on any atom is 0.155 e. The van der Waals surface area contributed by atoms with E-state index < -0.39 is 0 Å². The molecule has 0 unspecified atom stereocenters. The minimum absolute atomic E-state index is 0.636. The van der Waals surface area contributed by atoms with Crippen molar-refractivity contribution in [3.63, 3.8) is 0 Å². The highest BCUT2D eigenvalue weighted by atomic mass is 16.5. The molecular formula is C10H13NO2. The zero-order chi connectivity index (χ0) is 9.68. The number of hydroxylamine groups is 1. The van der Waals surface area contributed by atoms with Gasteiger partial charge in [-0.1, -0.05) is 12.1 Å². The average molecular weight is 179 g/mol. The van der Waals surface area contributed by atoms with Crippen molar-refractivity contribution in [2.24, 2.45) is 0 Å². The summed E-state index contributed by atoms with van der Waals surface area (Å²) in [6.07, 6.45) is 2.21. The summed E-state index contributed by atoms with van der Waals surface area (Å²) in [4.78, 5) is 0. The number of methoxy groups -OCH3 is 1. The highest BCUT2D eigenvalue weighted by molar-refractivity contribution is 5.56. The van der Waals surface area contributed by atoms with Gasteiger partial charge in [-0.05, 0) is 17.7 Å². The minimum Gasteiger partial charge on any atom is -0.624 e. The number of ether oxygens (including phenoxy) is 1. The second kappa shape index (κ2) is 4.50. The van der Waals surface area contributed by atoms with E-state index in [0.717, 1.165) is 16.1 Å². The third-order valence-corrected chi connectivity index (χ3v) is 1.72. The van der Waals surface area contributed by atoms with Gasteiger partial charge in [0.25, 0.3) is 0 Å². The Morgan fingerprint density at radius 3 is 2.92 bits per heavy atom. The minimum atomic E-state index is 0.636. The second-order valence-corrected chi connectivity index (χ2v) is 2.78. The maximum absolute atomic E-state index is 10.6. The Balaban J connectivity index is 2.72. The van der Waals surface area contributed by atoms with Crippen molar-refractivity contribution in [1.29, 1.82) is 0 Å². The number of hydrogen-bond donors (Lipinski definition) is 0. The first-order valence-corrected chi connectivity index (χ1v) is 4.08. The van der Waals surface area contributed by atoms with Crippen LogP contribution in [0, 0.1) is 5.21 Å². The van der Waals surface area contributed by atoms with Crippen molar-refractivity contribution in [2.45, 2.75) is 6.42 Å². The van der Waals surface area contributed by atoms with E-state index in [2.05, 4.69) is 0 Å². The smallest absolute Gasteiger partial charge is 0.155 e. The standard InChI is InChI=1S/C10H13NO2/c1-11(12)7-6-9-4-3-5-10(8-9)13-2/h3-5,7-8H,6H2,1-2H3/b11-7-. The van der Waals surface area contributed by atoms with Crippen molar-refractivity contribution < 1.29 is 9.48 Å². The molecule has 0 atom stereocenters. The summed E-state index contributed by atoms with van der Waals surface area (Å²) < 4.78 is 5.86. The van der Waals surface area contributed by atoms with Crippen LogP contribution in [0.5, 0.6) is 5.75 Å². The van der Waals surface area contributed by atoms with Gasteiger partial charge < -0.3 is 9.94 Å². The monoisotopic (exact) mass is 179 g/mol. The van der Waals surface area contributed by atoms with Crippen LogP contribution in [0.3, 0.4) is 0 Å². The van der Waals surface area contributed by atoms with Crippen LogP contribution in [0.4, 0.5) is 0 Å². The van der Waals surface area contributed by atoms with E-state index in [4.69, 9.17) is 4.74 Å². The molecule has 1 aromatic carbocycles. The van der Waals surface area contributed by atoms with E-state index in [1.165, 1.54) is 7.05 Å². The molecule has 0 heterocycles. The zero-order valence-electron chi connectivity index (χ0n) is 7.86. The highest BCUT2D eigenvalue weighted by Crippen LogP contribution is 2.12. The lowest BCUT2D eigenvalue weighted by atomic mass is 10.1. The molecule has 13 heavy (non-hydrogen) atoms. The fourth-order valence-corrected chi connectivity index (χ4v) is 1.03. The molecule has 0 aliphatic heterocycles. The lowest BCUT2D eigenvalue weighted by Crippen LogP contribution is -1.99. The number of hydrogen-bond acceptors (Lipinski definition) is 2. The molecule has 0 spiro atoms. The third kappa shape index (κ3) is 3.15. The van der Waals surface area contributed by atoms with Gasteiger partial charge in [0.05, 0.1) is 13.5 Å². The molecule has 3 heteroatoms. The molecular weight excluding hydrogens is 166 g/mol. The quantitative estimate of drug-likeness (QED) is 0.304. The molecule has 0 amide bonds.